The lowest BCUT2D eigenvalue weighted by atomic mass is 10.1. The van der Waals surface area contributed by atoms with Crippen molar-refractivity contribution in [3.05, 3.63) is 41.6 Å². The molecule has 1 aromatic carbocycles. The van der Waals surface area contributed by atoms with E-state index in [9.17, 15) is 14.4 Å². The summed E-state index contributed by atoms with van der Waals surface area (Å²) >= 11 is 0. The van der Waals surface area contributed by atoms with Crippen molar-refractivity contribution in [2.24, 2.45) is 11.7 Å². The number of nitrogens with zero attached hydrogens (tertiary/aromatic N) is 1. The summed E-state index contributed by atoms with van der Waals surface area (Å²) in [5.41, 5.74) is 8.94. The van der Waals surface area contributed by atoms with E-state index in [0.717, 1.165) is 25.7 Å². The van der Waals surface area contributed by atoms with E-state index in [1.165, 1.54) is 25.4 Å². The minimum absolute atomic E-state index is 0.00417. The number of ether oxygens (including phenoxy) is 1. The molecule has 1 aromatic heterocycles. The number of hydrogen-bond acceptors (Lipinski definition) is 7. The molecule has 2 aromatic rings. The van der Waals surface area contributed by atoms with Gasteiger partial charge >= 0.3 is 0 Å². The van der Waals surface area contributed by atoms with Crippen molar-refractivity contribution in [3.8, 4) is 5.75 Å². The van der Waals surface area contributed by atoms with Gasteiger partial charge in [0.1, 0.15) is 5.82 Å². The SMILES string of the molecule is CCCCONC(=O)c1cnc(NC(=O)C2CC2)cc1Nc1cccc(C(N)=O)c1OC. The molecule has 0 aliphatic heterocycles. The average Bonchev–Trinajstić information content (AvgIpc) is 3.62. The van der Waals surface area contributed by atoms with Crippen LogP contribution in [0.1, 0.15) is 53.3 Å². The number of benzene rings is 1. The molecule has 3 amide bonds. The number of rotatable bonds is 11. The molecule has 3 rings (SSSR count). The molecule has 32 heavy (non-hydrogen) atoms. The highest BCUT2D eigenvalue weighted by Crippen LogP contribution is 2.34. The number of unbranched alkanes of at least 4 members (excludes halogenated alkanes) is 1. The van der Waals surface area contributed by atoms with Crippen LogP contribution in [0.15, 0.2) is 30.5 Å². The van der Waals surface area contributed by atoms with Crippen LogP contribution in [0, 0.1) is 5.92 Å². The average molecular weight is 441 g/mol. The molecule has 0 unspecified atom stereocenters. The summed E-state index contributed by atoms with van der Waals surface area (Å²) in [4.78, 5) is 46.0. The third-order valence-electron chi connectivity index (χ3n) is 4.87. The van der Waals surface area contributed by atoms with Gasteiger partial charge in [-0.25, -0.2) is 10.5 Å². The molecular weight excluding hydrogens is 414 g/mol. The summed E-state index contributed by atoms with van der Waals surface area (Å²) in [6.07, 6.45) is 4.77. The van der Waals surface area contributed by atoms with Crippen LogP contribution in [0.25, 0.3) is 0 Å². The number of pyridine rings is 1. The summed E-state index contributed by atoms with van der Waals surface area (Å²) in [6, 6.07) is 6.39. The van der Waals surface area contributed by atoms with Gasteiger partial charge in [0, 0.05) is 18.2 Å². The second-order valence-electron chi connectivity index (χ2n) is 7.39. The molecular formula is C22H27N5O5. The van der Waals surface area contributed by atoms with Crippen molar-refractivity contribution in [3.63, 3.8) is 0 Å². The third-order valence-corrected chi connectivity index (χ3v) is 4.87. The number of carbonyl (C=O) groups is 3. The molecule has 0 spiro atoms. The van der Waals surface area contributed by atoms with E-state index in [2.05, 4.69) is 21.1 Å². The summed E-state index contributed by atoms with van der Waals surface area (Å²) in [6.45, 7) is 2.39. The molecule has 1 saturated carbocycles. The van der Waals surface area contributed by atoms with E-state index >= 15 is 0 Å². The molecule has 10 nitrogen and oxygen atoms in total. The zero-order chi connectivity index (χ0) is 23.1. The Kier molecular flexibility index (Phi) is 7.61. The van der Waals surface area contributed by atoms with E-state index in [-0.39, 0.29) is 34.5 Å². The van der Waals surface area contributed by atoms with Gasteiger partial charge in [-0.15, -0.1) is 0 Å². The Hall–Kier alpha value is -3.66. The fraction of sp³-hybridized carbons (Fsp3) is 0.364. The Balaban J connectivity index is 1.91. The van der Waals surface area contributed by atoms with Crippen LogP contribution < -0.4 is 26.6 Å². The molecule has 0 saturated heterocycles. The predicted molar refractivity (Wildman–Crippen MR) is 119 cm³/mol. The molecule has 0 bridgehead atoms. The second-order valence-corrected chi connectivity index (χ2v) is 7.39. The molecule has 1 aliphatic rings. The van der Waals surface area contributed by atoms with Gasteiger partial charge in [-0.3, -0.25) is 19.2 Å². The Bertz CT molecular complexity index is 1010. The Morgan fingerprint density at radius 1 is 1.19 bits per heavy atom. The first kappa shape index (κ1) is 23.0. The molecule has 1 aliphatic carbocycles. The third kappa shape index (κ3) is 5.73. The van der Waals surface area contributed by atoms with Crippen molar-refractivity contribution < 1.29 is 24.0 Å². The lowest BCUT2D eigenvalue weighted by Crippen LogP contribution is -2.25. The maximum absolute atomic E-state index is 12.7. The normalized spacial score (nSPS) is 12.7. The molecule has 1 fully saturated rings. The first-order valence-electron chi connectivity index (χ1n) is 10.4. The predicted octanol–water partition coefficient (Wildman–Crippen LogP) is 2.74. The second kappa shape index (κ2) is 10.6. The summed E-state index contributed by atoms with van der Waals surface area (Å²) in [5, 5.41) is 5.84. The highest BCUT2D eigenvalue weighted by molar-refractivity contribution is 6.02. The van der Waals surface area contributed by atoms with Crippen molar-refractivity contribution in [1.29, 1.82) is 0 Å². The number of para-hydroxylation sites is 1. The number of hydroxylamine groups is 1. The van der Waals surface area contributed by atoms with Crippen LogP contribution in [0.5, 0.6) is 5.75 Å². The quantitative estimate of drug-likeness (QED) is 0.310. The summed E-state index contributed by atoms with van der Waals surface area (Å²) < 4.78 is 5.36. The van der Waals surface area contributed by atoms with Crippen molar-refractivity contribution >= 4 is 34.9 Å². The highest BCUT2D eigenvalue weighted by Gasteiger charge is 2.30. The monoisotopic (exact) mass is 441 g/mol. The lowest BCUT2D eigenvalue weighted by Gasteiger charge is -2.17. The summed E-state index contributed by atoms with van der Waals surface area (Å²) in [7, 11) is 1.41. The number of nitrogens with two attached hydrogens (primary N) is 1. The van der Waals surface area contributed by atoms with Gasteiger partial charge < -0.3 is 21.1 Å². The number of hydrogen-bond donors (Lipinski definition) is 4. The number of primary amides is 1. The number of anilines is 3. The Morgan fingerprint density at radius 3 is 2.62 bits per heavy atom. The molecule has 170 valence electrons. The molecule has 0 radical (unpaired) electrons. The first-order chi connectivity index (χ1) is 15.4. The van der Waals surface area contributed by atoms with Gasteiger partial charge in [-0.1, -0.05) is 19.4 Å². The largest absolute Gasteiger partial charge is 0.494 e. The van der Waals surface area contributed by atoms with E-state index in [4.69, 9.17) is 15.3 Å². The zero-order valence-corrected chi connectivity index (χ0v) is 18.1. The number of aromatic nitrogens is 1. The maximum Gasteiger partial charge on any atom is 0.278 e. The smallest absolute Gasteiger partial charge is 0.278 e. The highest BCUT2D eigenvalue weighted by atomic mass is 16.6. The lowest BCUT2D eigenvalue weighted by molar-refractivity contribution is -0.117. The van der Waals surface area contributed by atoms with Gasteiger partial charge in [0.05, 0.1) is 36.2 Å². The fourth-order valence-electron chi connectivity index (χ4n) is 2.96. The summed E-state index contributed by atoms with van der Waals surface area (Å²) in [5.74, 6) is -0.766. The topological polar surface area (TPSA) is 145 Å². The van der Waals surface area contributed by atoms with Crippen LogP contribution in [0.2, 0.25) is 0 Å². The number of methoxy groups -OCH3 is 1. The van der Waals surface area contributed by atoms with Crippen LogP contribution in [-0.4, -0.2) is 36.4 Å². The standard InChI is InChI=1S/C22H27N5O5/c1-3-4-10-32-27-22(30)15-12-24-18(26-21(29)13-8-9-13)11-17(15)25-16-7-5-6-14(20(23)28)19(16)31-2/h5-7,11-13H,3-4,8-10H2,1-2H3,(H2,23,28)(H,27,30)(H2,24,25,26,29). The van der Waals surface area contributed by atoms with Crippen molar-refractivity contribution in [2.75, 3.05) is 24.4 Å². The van der Waals surface area contributed by atoms with Crippen molar-refractivity contribution in [2.45, 2.75) is 32.6 Å². The van der Waals surface area contributed by atoms with E-state index < -0.39 is 11.8 Å². The Morgan fingerprint density at radius 2 is 1.97 bits per heavy atom. The molecule has 0 atom stereocenters. The van der Waals surface area contributed by atoms with E-state index in [1.54, 1.807) is 12.1 Å². The fourth-order valence-corrected chi connectivity index (χ4v) is 2.96. The van der Waals surface area contributed by atoms with E-state index in [0.29, 0.717) is 18.0 Å². The zero-order valence-electron chi connectivity index (χ0n) is 18.1. The van der Waals surface area contributed by atoms with Crippen molar-refractivity contribution in [1.82, 2.24) is 10.5 Å². The molecule has 10 heteroatoms. The first-order valence-corrected chi connectivity index (χ1v) is 10.4. The number of nitrogens with one attached hydrogen (secondary N) is 3. The molecule has 1 heterocycles. The van der Waals surface area contributed by atoms with Gasteiger partial charge in [0.15, 0.2) is 5.75 Å². The van der Waals surface area contributed by atoms with Crippen LogP contribution in [0.3, 0.4) is 0 Å². The number of amides is 3. The molecule has 5 N–H and O–H groups in total. The minimum Gasteiger partial charge on any atom is -0.494 e. The minimum atomic E-state index is -0.653. The van der Waals surface area contributed by atoms with E-state index in [1.807, 2.05) is 6.92 Å². The van der Waals surface area contributed by atoms with Gasteiger partial charge in [0.25, 0.3) is 11.8 Å². The van der Waals surface area contributed by atoms with Gasteiger partial charge in [-0.2, -0.15) is 0 Å². The van der Waals surface area contributed by atoms with Crippen LogP contribution in [-0.2, 0) is 9.63 Å². The maximum atomic E-state index is 12.7. The van der Waals surface area contributed by atoms with Crippen LogP contribution >= 0.6 is 0 Å². The number of carbonyl (C=O) groups excluding carboxylic acids is 3. The van der Waals surface area contributed by atoms with Gasteiger partial charge in [0.2, 0.25) is 5.91 Å². The Labute approximate surface area is 185 Å². The van der Waals surface area contributed by atoms with Crippen LogP contribution in [0.4, 0.5) is 17.2 Å². The van der Waals surface area contributed by atoms with Gasteiger partial charge in [-0.05, 0) is 31.4 Å².